The van der Waals surface area contributed by atoms with Crippen molar-refractivity contribution in [3.05, 3.63) is 105 Å². The van der Waals surface area contributed by atoms with E-state index in [4.69, 9.17) is 21.1 Å². The topological polar surface area (TPSA) is 112 Å². The fourth-order valence-electron chi connectivity index (χ4n) is 4.15. The Morgan fingerprint density at radius 1 is 1.08 bits per heavy atom. The van der Waals surface area contributed by atoms with Gasteiger partial charge >= 0.3 is 18.0 Å². The smallest absolute Gasteiger partial charge is 0.338 e. The highest BCUT2D eigenvalue weighted by molar-refractivity contribution is 6.31. The highest BCUT2D eigenvalue weighted by Crippen LogP contribution is 2.28. The number of hydrogen-bond acceptors (Lipinski definition) is 6. The second-order valence-corrected chi connectivity index (χ2v) is 9.29. The number of aromatic nitrogens is 2. The molecule has 0 saturated heterocycles. The first kappa shape index (κ1) is 27.7. The van der Waals surface area contributed by atoms with E-state index < -0.39 is 24.0 Å². The van der Waals surface area contributed by atoms with E-state index in [-0.39, 0.29) is 24.5 Å². The maximum absolute atomic E-state index is 12.8. The number of aryl methyl sites for hydroxylation is 2. The number of carbonyl (C=O) groups is 3. The maximum Gasteiger partial charge on any atom is 0.338 e. The number of hydrogen-bond donors (Lipinski definition) is 2. The Morgan fingerprint density at radius 3 is 2.49 bits per heavy atom. The Hall–Kier alpha value is -4.37. The van der Waals surface area contributed by atoms with E-state index in [1.165, 1.54) is 12.2 Å². The van der Waals surface area contributed by atoms with Gasteiger partial charge in [-0.1, -0.05) is 71.8 Å². The lowest BCUT2D eigenvalue weighted by Crippen LogP contribution is -2.47. The second-order valence-electron chi connectivity index (χ2n) is 8.93. The molecule has 1 atom stereocenters. The van der Waals surface area contributed by atoms with Gasteiger partial charge in [-0.3, -0.25) is 0 Å². The molecule has 9 nitrogen and oxygen atoms in total. The van der Waals surface area contributed by atoms with Crippen molar-refractivity contribution in [1.82, 2.24) is 20.4 Å². The lowest BCUT2D eigenvalue weighted by atomic mass is 9.95. The van der Waals surface area contributed by atoms with Crippen LogP contribution in [0.2, 0.25) is 5.15 Å². The minimum Gasteiger partial charge on any atom is -0.463 e. The van der Waals surface area contributed by atoms with Crippen molar-refractivity contribution >= 4 is 35.6 Å². The number of benzene rings is 2. The molecule has 202 valence electrons. The van der Waals surface area contributed by atoms with Crippen molar-refractivity contribution in [2.75, 3.05) is 13.2 Å². The summed E-state index contributed by atoms with van der Waals surface area (Å²) in [6, 6.07) is 15.8. The molecule has 0 spiro atoms. The van der Waals surface area contributed by atoms with Gasteiger partial charge in [-0.05, 0) is 38.0 Å². The Morgan fingerprint density at radius 2 is 1.79 bits per heavy atom. The van der Waals surface area contributed by atoms with Crippen molar-refractivity contribution in [2.24, 2.45) is 0 Å². The van der Waals surface area contributed by atoms with Gasteiger partial charge in [0.15, 0.2) is 0 Å². The molecular formula is C29H29ClN4O5. The summed E-state index contributed by atoms with van der Waals surface area (Å²) in [5.74, 6) is -1.31. The van der Waals surface area contributed by atoms with Crippen LogP contribution in [0.3, 0.4) is 0 Å². The van der Waals surface area contributed by atoms with Gasteiger partial charge in [-0.25, -0.2) is 19.1 Å². The molecule has 0 bridgehead atoms. The minimum atomic E-state index is -0.760. The largest absolute Gasteiger partial charge is 0.463 e. The first-order chi connectivity index (χ1) is 18.8. The van der Waals surface area contributed by atoms with Gasteiger partial charge in [0.2, 0.25) is 0 Å². The molecule has 0 fully saturated rings. The van der Waals surface area contributed by atoms with Gasteiger partial charge in [-0.15, -0.1) is 0 Å². The number of carbonyl (C=O) groups excluding carboxylic acids is 3. The van der Waals surface area contributed by atoms with Gasteiger partial charge in [0.25, 0.3) is 0 Å². The Balaban J connectivity index is 1.50. The zero-order valence-corrected chi connectivity index (χ0v) is 22.6. The molecule has 1 aliphatic heterocycles. The van der Waals surface area contributed by atoms with E-state index in [9.17, 15) is 14.4 Å². The van der Waals surface area contributed by atoms with Crippen LogP contribution in [-0.2, 0) is 25.6 Å². The molecule has 1 aromatic heterocycles. The summed E-state index contributed by atoms with van der Waals surface area (Å²) in [5.41, 5.74) is 4.44. The highest BCUT2D eigenvalue weighted by Gasteiger charge is 2.34. The molecule has 39 heavy (non-hydrogen) atoms. The normalized spacial score (nSPS) is 15.2. The van der Waals surface area contributed by atoms with Crippen LogP contribution < -0.4 is 10.6 Å². The fraction of sp³-hybridized carbons (Fsp3) is 0.241. The van der Waals surface area contributed by atoms with Gasteiger partial charge < -0.3 is 20.1 Å². The van der Waals surface area contributed by atoms with Gasteiger partial charge in [-0.2, -0.15) is 5.10 Å². The third kappa shape index (κ3) is 6.74. The Kier molecular flexibility index (Phi) is 8.83. The van der Waals surface area contributed by atoms with E-state index >= 15 is 0 Å². The standard InChI is InChI=1S/C29H29ClN4O5/c1-4-38-28(36)25-23(31-29(37)32-26(25)21-8-6-5-7-9-21)17-39-24(35)15-14-22-19(3)33-34(27(22)30)16-20-12-10-18(2)11-13-20/h5-15,26H,4,16-17H2,1-3H3,(H2,31,32,37)/b15-14+/t26-/m1/s1. The molecule has 2 aromatic carbocycles. The van der Waals surface area contributed by atoms with Gasteiger partial charge in [0.05, 0.1) is 36.2 Å². The van der Waals surface area contributed by atoms with Gasteiger partial charge in [0.1, 0.15) is 11.8 Å². The number of halogens is 1. The van der Waals surface area contributed by atoms with Crippen LogP contribution in [0.1, 0.15) is 40.9 Å². The van der Waals surface area contributed by atoms with E-state index in [0.29, 0.717) is 28.5 Å². The number of esters is 2. The van der Waals surface area contributed by atoms with Gasteiger partial charge in [0, 0.05) is 11.6 Å². The lowest BCUT2D eigenvalue weighted by molar-refractivity contribution is -0.140. The number of rotatable bonds is 9. The third-order valence-corrected chi connectivity index (χ3v) is 6.49. The van der Waals surface area contributed by atoms with Crippen LogP contribution in [0.4, 0.5) is 4.79 Å². The molecule has 0 aliphatic carbocycles. The fourth-order valence-corrected chi connectivity index (χ4v) is 4.44. The van der Waals surface area contributed by atoms with E-state index in [2.05, 4.69) is 15.7 Å². The number of nitrogens with zero attached hydrogens (tertiary/aromatic N) is 2. The highest BCUT2D eigenvalue weighted by atomic mass is 35.5. The molecule has 0 radical (unpaired) electrons. The molecular weight excluding hydrogens is 520 g/mol. The first-order valence-corrected chi connectivity index (χ1v) is 12.8. The molecule has 0 unspecified atom stereocenters. The number of amides is 2. The SMILES string of the molecule is CCOC(=O)C1=C(COC(=O)/C=C/c2c(C)nn(Cc3ccc(C)cc3)c2Cl)NC(=O)N[C@@H]1c1ccccc1. The van der Waals surface area contributed by atoms with Crippen molar-refractivity contribution in [2.45, 2.75) is 33.4 Å². The minimum absolute atomic E-state index is 0.144. The molecule has 2 heterocycles. The van der Waals surface area contributed by atoms with E-state index in [1.54, 1.807) is 42.8 Å². The molecule has 2 amide bonds. The number of ether oxygens (including phenoxy) is 2. The first-order valence-electron chi connectivity index (χ1n) is 12.4. The quantitative estimate of drug-likeness (QED) is 0.298. The lowest BCUT2D eigenvalue weighted by Gasteiger charge is -2.29. The van der Waals surface area contributed by atoms with Crippen LogP contribution >= 0.6 is 11.6 Å². The number of nitrogens with one attached hydrogen (secondary N) is 2. The number of urea groups is 1. The average molecular weight is 549 g/mol. The molecule has 4 rings (SSSR count). The predicted octanol–water partition coefficient (Wildman–Crippen LogP) is 4.63. The van der Waals surface area contributed by atoms with E-state index in [1.807, 2.05) is 37.3 Å². The summed E-state index contributed by atoms with van der Waals surface area (Å²) in [6.45, 7) is 5.79. The summed E-state index contributed by atoms with van der Waals surface area (Å²) < 4.78 is 12.3. The van der Waals surface area contributed by atoms with Crippen LogP contribution in [0.25, 0.3) is 6.08 Å². The summed E-state index contributed by atoms with van der Waals surface area (Å²) in [4.78, 5) is 37.8. The molecule has 1 aliphatic rings. The van der Waals surface area contributed by atoms with Crippen LogP contribution in [0.5, 0.6) is 0 Å². The third-order valence-electron chi connectivity index (χ3n) is 6.09. The second kappa shape index (κ2) is 12.4. The van der Waals surface area contributed by atoms with Crippen molar-refractivity contribution in [1.29, 1.82) is 0 Å². The monoisotopic (exact) mass is 548 g/mol. The Labute approximate surface area is 231 Å². The zero-order valence-electron chi connectivity index (χ0n) is 21.9. The van der Waals surface area contributed by atoms with Crippen molar-refractivity contribution in [3.63, 3.8) is 0 Å². The molecule has 2 N–H and O–H groups in total. The summed E-state index contributed by atoms with van der Waals surface area (Å²) in [5, 5.41) is 10.2. The van der Waals surface area contributed by atoms with Crippen molar-refractivity contribution < 1.29 is 23.9 Å². The molecule has 10 heteroatoms. The summed E-state index contributed by atoms with van der Waals surface area (Å²) >= 11 is 6.55. The molecule has 3 aromatic rings. The zero-order chi connectivity index (χ0) is 27.9. The maximum atomic E-state index is 12.8. The predicted molar refractivity (Wildman–Crippen MR) is 147 cm³/mol. The van der Waals surface area contributed by atoms with E-state index in [0.717, 1.165) is 11.1 Å². The van der Waals surface area contributed by atoms with Crippen LogP contribution in [0, 0.1) is 13.8 Å². The van der Waals surface area contributed by atoms with Crippen LogP contribution in [0.15, 0.2) is 71.9 Å². The van der Waals surface area contributed by atoms with Crippen LogP contribution in [-0.4, -0.2) is 41.0 Å². The average Bonchev–Trinajstić information content (AvgIpc) is 3.19. The molecule has 0 saturated carbocycles. The van der Waals surface area contributed by atoms with Crippen molar-refractivity contribution in [3.8, 4) is 0 Å². The summed E-state index contributed by atoms with van der Waals surface area (Å²) in [7, 11) is 0. The summed E-state index contributed by atoms with van der Waals surface area (Å²) in [6.07, 6.45) is 2.77. The Bertz CT molecular complexity index is 1430.